The molecule has 1 amide bonds. The molecule has 0 saturated carbocycles. The first-order chi connectivity index (χ1) is 15.2. The summed E-state index contributed by atoms with van der Waals surface area (Å²) < 4.78 is 26.4. The van der Waals surface area contributed by atoms with Gasteiger partial charge >= 0.3 is 0 Å². The molecule has 7 heteroatoms. The molecule has 3 aliphatic heterocycles. The van der Waals surface area contributed by atoms with Crippen molar-refractivity contribution < 1.29 is 18.7 Å². The minimum absolute atomic E-state index is 0.0282. The molecule has 0 spiro atoms. The Kier molecular flexibility index (Phi) is 4.24. The first kappa shape index (κ1) is 18.4. The second kappa shape index (κ2) is 7.13. The van der Waals surface area contributed by atoms with Crippen molar-refractivity contribution in [1.29, 1.82) is 0 Å². The van der Waals surface area contributed by atoms with Crippen molar-refractivity contribution in [2.24, 2.45) is 0 Å². The lowest BCUT2D eigenvalue weighted by atomic mass is 10.0. The number of hydrogen-bond donors (Lipinski definition) is 0. The summed E-state index contributed by atoms with van der Waals surface area (Å²) in [6, 6.07) is 16.5. The summed E-state index contributed by atoms with van der Waals surface area (Å²) in [7, 11) is 0. The van der Waals surface area contributed by atoms with E-state index in [9.17, 15) is 9.18 Å². The molecule has 31 heavy (non-hydrogen) atoms. The predicted molar refractivity (Wildman–Crippen MR) is 111 cm³/mol. The molecule has 3 aliphatic rings. The van der Waals surface area contributed by atoms with Crippen LogP contribution in [0.3, 0.4) is 0 Å². The van der Waals surface area contributed by atoms with Crippen LogP contribution >= 0.6 is 0 Å². The SMILES string of the molecule is O=C1c2cccn2C2CN(Cc3ccc4c(c3)OCO4)CC2N1Cc1ccc(F)cc1. The highest BCUT2D eigenvalue weighted by atomic mass is 19.1. The molecule has 0 bridgehead atoms. The molecule has 4 heterocycles. The van der Waals surface area contributed by atoms with Gasteiger partial charge in [-0.3, -0.25) is 9.69 Å². The van der Waals surface area contributed by atoms with Gasteiger partial charge in [0.1, 0.15) is 11.5 Å². The molecule has 1 fully saturated rings. The summed E-state index contributed by atoms with van der Waals surface area (Å²) in [4.78, 5) is 17.6. The van der Waals surface area contributed by atoms with E-state index in [0.29, 0.717) is 12.2 Å². The Morgan fingerprint density at radius 2 is 1.68 bits per heavy atom. The highest BCUT2D eigenvalue weighted by Gasteiger charge is 2.44. The first-order valence-corrected chi connectivity index (χ1v) is 10.5. The fraction of sp³-hybridized carbons (Fsp3) is 0.292. The molecule has 1 saturated heterocycles. The number of benzene rings is 2. The van der Waals surface area contributed by atoms with Crippen molar-refractivity contribution in [1.82, 2.24) is 14.4 Å². The average molecular weight is 419 g/mol. The zero-order valence-corrected chi connectivity index (χ0v) is 16.9. The highest BCUT2D eigenvalue weighted by Crippen LogP contribution is 2.37. The molecule has 0 N–H and O–H groups in total. The van der Waals surface area contributed by atoms with Crippen LogP contribution in [-0.4, -0.2) is 46.2 Å². The van der Waals surface area contributed by atoms with Gasteiger partial charge in [0, 0.05) is 32.4 Å². The fourth-order valence-electron chi connectivity index (χ4n) is 4.99. The van der Waals surface area contributed by atoms with Gasteiger partial charge < -0.3 is 18.9 Å². The van der Waals surface area contributed by atoms with E-state index in [0.717, 1.165) is 42.3 Å². The van der Waals surface area contributed by atoms with Gasteiger partial charge in [0.15, 0.2) is 11.5 Å². The molecule has 6 rings (SSSR count). The molecule has 0 radical (unpaired) electrons. The maximum atomic E-state index is 13.3. The zero-order valence-electron chi connectivity index (χ0n) is 16.9. The van der Waals surface area contributed by atoms with Gasteiger partial charge in [0.2, 0.25) is 6.79 Å². The maximum absolute atomic E-state index is 13.3. The van der Waals surface area contributed by atoms with Crippen LogP contribution in [0.4, 0.5) is 4.39 Å². The molecule has 2 aromatic carbocycles. The van der Waals surface area contributed by atoms with Crippen molar-refractivity contribution in [2.45, 2.75) is 25.2 Å². The van der Waals surface area contributed by atoms with Crippen molar-refractivity contribution in [3.63, 3.8) is 0 Å². The van der Waals surface area contributed by atoms with E-state index in [-0.39, 0.29) is 30.6 Å². The first-order valence-electron chi connectivity index (χ1n) is 10.5. The van der Waals surface area contributed by atoms with E-state index in [2.05, 4.69) is 15.5 Å². The summed E-state index contributed by atoms with van der Waals surface area (Å²) in [5.41, 5.74) is 2.81. The van der Waals surface area contributed by atoms with E-state index in [1.807, 2.05) is 35.4 Å². The number of amides is 1. The Hall–Kier alpha value is -3.32. The maximum Gasteiger partial charge on any atom is 0.271 e. The predicted octanol–water partition coefficient (Wildman–Crippen LogP) is 3.44. The van der Waals surface area contributed by atoms with Crippen LogP contribution in [0, 0.1) is 5.82 Å². The minimum atomic E-state index is -0.267. The minimum Gasteiger partial charge on any atom is -0.454 e. The molecule has 3 aromatic rings. The van der Waals surface area contributed by atoms with Gasteiger partial charge in [-0.05, 0) is 47.5 Å². The van der Waals surface area contributed by atoms with Crippen LogP contribution in [-0.2, 0) is 13.1 Å². The second-order valence-electron chi connectivity index (χ2n) is 8.38. The lowest BCUT2D eigenvalue weighted by Gasteiger charge is -2.38. The van der Waals surface area contributed by atoms with Gasteiger partial charge in [0.25, 0.3) is 5.91 Å². The molecule has 0 aliphatic carbocycles. The monoisotopic (exact) mass is 419 g/mol. The van der Waals surface area contributed by atoms with Crippen molar-refractivity contribution in [3.8, 4) is 11.5 Å². The molecule has 2 atom stereocenters. The van der Waals surface area contributed by atoms with Crippen LogP contribution in [0.25, 0.3) is 0 Å². The topological polar surface area (TPSA) is 46.9 Å². The Bertz CT molecular complexity index is 1140. The van der Waals surface area contributed by atoms with Gasteiger partial charge in [-0.25, -0.2) is 4.39 Å². The van der Waals surface area contributed by atoms with Crippen molar-refractivity contribution in [2.75, 3.05) is 19.9 Å². The van der Waals surface area contributed by atoms with Crippen LogP contribution in [0.5, 0.6) is 11.5 Å². The number of aromatic nitrogens is 1. The normalized spacial score (nSPS) is 22.0. The third-order valence-corrected chi connectivity index (χ3v) is 6.46. The van der Waals surface area contributed by atoms with Crippen LogP contribution in [0.15, 0.2) is 60.8 Å². The average Bonchev–Trinajstić information content (AvgIpc) is 3.51. The summed E-state index contributed by atoms with van der Waals surface area (Å²) in [5.74, 6) is 1.33. The summed E-state index contributed by atoms with van der Waals surface area (Å²) in [6.07, 6.45) is 2.00. The molecule has 2 unspecified atom stereocenters. The third-order valence-electron chi connectivity index (χ3n) is 6.46. The molecule has 1 aromatic heterocycles. The van der Waals surface area contributed by atoms with E-state index < -0.39 is 0 Å². The smallest absolute Gasteiger partial charge is 0.271 e. The Morgan fingerprint density at radius 3 is 2.55 bits per heavy atom. The second-order valence-corrected chi connectivity index (χ2v) is 8.38. The van der Waals surface area contributed by atoms with Crippen molar-refractivity contribution >= 4 is 5.91 Å². The lowest BCUT2D eigenvalue weighted by Crippen LogP contribution is -2.49. The summed E-state index contributed by atoms with van der Waals surface area (Å²) in [5, 5.41) is 0. The Morgan fingerprint density at radius 1 is 0.903 bits per heavy atom. The Balaban J connectivity index is 1.27. The van der Waals surface area contributed by atoms with Crippen LogP contribution in [0.2, 0.25) is 0 Å². The number of halogens is 1. The third kappa shape index (κ3) is 3.16. The summed E-state index contributed by atoms with van der Waals surface area (Å²) >= 11 is 0. The lowest BCUT2D eigenvalue weighted by molar-refractivity contribution is 0.0556. The quantitative estimate of drug-likeness (QED) is 0.650. The van der Waals surface area contributed by atoms with Gasteiger partial charge in [0.05, 0.1) is 12.1 Å². The highest BCUT2D eigenvalue weighted by molar-refractivity contribution is 5.94. The van der Waals surface area contributed by atoms with Gasteiger partial charge in [-0.1, -0.05) is 18.2 Å². The largest absolute Gasteiger partial charge is 0.454 e. The number of fused-ring (bicyclic) bond motifs is 4. The number of nitrogens with zero attached hydrogens (tertiary/aromatic N) is 3. The van der Waals surface area contributed by atoms with Crippen LogP contribution in [0.1, 0.15) is 27.7 Å². The zero-order chi connectivity index (χ0) is 20.9. The van der Waals surface area contributed by atoms with E-state index in [1.165, 1.54) is 12.1 Å². The van der Waals surface area contributed by atoms with E-state index in [1.54, 1.807) is 12.1 Å². The molecule has 6 nitrogen and oxygen atoms in total. The molecular formula is C24H22FN3O3. The van der Waals surface area contributed by atoms with Gasteiger partial charge in [-0.15, -0.1) is 0 Å². The number of hydrogen-bond acceptors (Lipinski definition) is 4. The molecular weight excluding hydrogens is 397 g/mol. The van der Waals surface area contributed by atoms with Gasteiger partial charge in [-0.2, -0.15) is 0 Å². The van der Waals surface area contributed by atoms with Crippen molar-refractivity contribution in [3.05, 3.63) is 83.4 Å². The van der Waals surface area contributed by atoms with E-state index >= 15 is 0 Å². The van der Waals surface area contributed by atoms with Crippen LogP contribution < -0.4 is 9.47 Å². The number of carbonyl (C=O) groups is 1. The number of carbonyl (C=O) groups excluding carboxylic acids is 1. The Labute approximate surface area is 179 Å². The summed E-state index contributed by atoms with van der Waals surface area (Å²) in [6.45, 7) is 3.16. The number of likely N-dealkylation sites (tertiary alicyclic amines) is 1. The van der Waals surface area contributed by atoms with E-state index in [4.69, 9.17) is 9.47 Å². The number of rotatable bonds is 4. The number of ether oxygens (including phenoxy) is 2. The molecule has 158 valence electrons. The standard InChI is InChI=1S/C24H22FN3O3/c25-18-6-3-16(4-7-18)12-28-21-14-26(11-17-5-8-22-23(10-17)31-15-30-22)13-20(21)27-9-1-2-19(27)24(28)29/h1-10,20-21H,11-15H2. The fourth-order valence-corrected chi connectivity index (χ4v) is 4.99.